The first-order valence-corrected chi connectivity index (χ1v) is 5.48. The molecule has 0 aliphatic carbocycles. The van der Waals surface area contributed by atoms with Gasteiger partial charge in [0.05, 0.1) is 0 Å². The van der Waals surface area contributed by atoms with Crippen LogP contribution in [0.5, 0.6) is 0 Å². The first-order chi connectivity index (χ1) is 6.12. The highest BCUT2D eigenvalue weighted by Crippen LogP contribution is 2.16. The van der Waals surface area contributed by atoms with Gasteiger partial charge in [0.15, 0.2) is 0 Å². The molecule has 0 saturated heterocycles. The van der Waals surface area contributed by atoms with Crippen LogP contribution in [0.1, 0.15) is 34.6 Å². The standard InChI is InChI=1S/C12H28N2/c1-11(2,3)8-13-9-12(4,5)10-14(6)7/h13H,8-10H2,1-7H3. The minimum atomic E-state index is 0.356. The van der Waals surface area contributed by atoms with Crippen molar-refractivity contribution in [2.24, 2.45) is 10.8 Å². The highest BCUT2D eigenvalue weighted by atomic mass is 15.1. The highest BCUT2D eigenvalue weighted by molar-refractivity contribution is 4.76. The van der Waals surface area contributed by atoms with Crippen LogP contribution in [0.4, 0.5) is 0 Å². The molecule has 0 bridgehead atoms. The first-order valence-electron chi connectivity index (χ1n) is 5.48. The summed E-state index contributed by atoms with van der Waals surface area (Å²) < 4.78 is 0. The van der Waals surface area contributed by atoms with Crippen molar-refractivity contribution in [1.29, 1.82) is 0 Å². The van der Waals surface area contributed by atoms with E-state index in [1.807, 2.05) is 0 Å². The average molecular weight is 200 g/mol. The maximum Gasteiger partial charge on any atom is 0.00387 e. The molecule has 0 aliphatic heterocycles. The summed E-state index contributed by atoms with van der Waals surface area (Å²) in [7, 11) is 4.26. The van der Waals surface area contributed by atoms with Crippen molar-refractivity contribution < 1.29 is 0 Å². The normalized spacial score (nSPS) is 13.7. The highest BCUT2D eigenvalue weighted by Gasteiger charge is 2.19. The largest absolute Gasteiger partial charge is 0.316 e. The van der Waals surface area contributed by atoms with Gasteiger partial charge in [0.1, 0.15) is 0 Å². The Balaban J connectivity index is 3.76. The number of hydrogen-bond acceptors (Lipinski definition) is 2. The average Bonchev–Trinajstić information content (AvgIpc) is 1.78. The van der Waals surface area contributed by atoms with Gasteiger partial charge >= 0.3 is 0 Å². The van der Waals surface area contributed by atoms with Gasteiger partial charge in [-0.25, -0.2) is 0 Å². The molecule has 2 heteroatoms. The molecule has 0 rings (SSSR count). The lowest BCUT2D eigenvalue weighted by Crippen LogP contribution is -2.40. The zero-order valence-electron chi connectivity index (χ0n) is 11.1. The molecule has 2 nitrogen and oxygen atoms in total. The summed E-state index contributed by atoms with van der Waals surface area (Å²) >= 11 is 0. The number of nitrogens with one attached hydrogen (secondary N) is 1. The number of hydrogen-bond donors (Lipinski definition) is 1. The van der Waals surface area contributed by atoms with Crippen molar-refractivity contribution in [1.82, 2.24) is 10.2 Å². The van der Waals surface area contributed by atoms with Crippen molar-refractivity contribution >= 4 is 0 Å². The molecule has 1 N–H and O–H groups in total. The third-order valence-electron chi connectivity index (χ3n) is 2.00. The zero-order valence-corrected chi connectivity index (χ0v) is 11.1. The molecule has 0 atom stereocenters. The van der Waals surface area contributed by atoms with Crippen molar-refractivity contribution in [3.63, 3.8) is 0 Å². The molecule has 0 heterocycles. The SMILES string of the molecule is CN(C)CC(C)(C)CNCC(C)(C)C. The minimum Gasteiger partial charge on any atom is -0.316 e. The summed E-state index contributed by atoms with van der Waals surface area (Å²) in [5.41, 5.74) is 0.739. The van der Waals surface area contributed by atoms with Gasteiger partial charge in [-0.15, -0.1) is 0 Å². The molecule has 0 radical (unpaired) electrons. The maximum atomic E-state index is 3.54. The van der Waals surface area contributed by atoms with Gasteiger partial charge in [0.2, 0.25) is 0 Å². The predicted molar refractivity (Wildman–Crippen MR) is 64.7 cm³/mol. The molecule has 14 heavy (non-hydrogen) atoms. The fraction of sp³-hybridized carbons (Fsp3) is 1.00. The van der Waals surface area contributed by atoms with E-state index in [0.29, 0.717) is 10.8 Å². The Bertz CT molecular complexity index is 154. The molecule has 0 spiro atoms. The topological polar surface area (TPSA) is 15.3 Å². The minimum absolute atomic E-state index is 0.356. The fourth-order valence-electron chi connectivity index (χ4n) is 1.69. The van der Waals surface area contributed by atoms with Crippen LogP contribution in [0, 0.1) is 10.8 Å². The monoisotopic (exact) mass is 200 g/mol. The van der Waals surface area contributed by atoms with Crippen molar-refractivity contribution in [2.75, 3.05) is 33.7 Å². The number of rotatable bonds is 5. The second kappa shape index (κ2) is 5.13. The van der Waals surface area contributed by atoms with E-state index in [0.717, 1.165) is 19.6 Å². The third kappa shape index (κ3) is 8.52. The van der Waals surface area contributed by atoms with E-state index in [4.69, 9.17) is 0 Å². The van der Waals surface area contributed by atoms with Gasteiger partial charge in [-0.1, -0.05) is 34.6 Å². The van der Waals surface area contributed by atoms with E-state index in [9.17, 15) is 0 Å². The molecule has 0 aromatic rings. The maximum absolute atomic E-state index is 3.54. The second-order valence-electron chi connectivity index (χ2n) is 6.57. The van der Waals surface area contributed by atoms with E-state index in [2.05, 4.69) is 58.9 Å². The summed E-state index contributed by atoms with van der Waals surface area (Å²) in [4.78, 5) is 2.25. The Morgan fingerprint density at radius 1 is 0.929 bits per heavy atom. The second-order valence-corrected chi connectivity index (χ2v) is 6.57. The van der Waals surface area contributed by atoms with E-state index >= 15 is 0 Å². The lowest BCUT2D eigenvalue weighted by molar-refractivity contribution is 0.223. The van der Waals surface area contributed by atoms with Crippen LogP contribution in [0.2, 0.25) is 0 Å². The van der Waals surface area contributed by atoms with Crippen LogP contribution >= 0.6 is 0 Å². The Labute approximate surface area is 90.1 Å². The summed E-state index contributed by atoms with van der Waals surface area (Å²) in [5, 5.41) is 3.54. The summed E-state index contributed by atoms with van der Waals surface area (Å²) in [6, 6.07) is 0. The van der Waals surface area contributed by atoms with Gasteiger partial charge in [-0.3, -0.25) is 0 Å². The quantitative estimate of drug-likeness (QED) is 0.732. The molecular weight excluding hydrogens is 172 g/mol. The van der Waals surface area contributed by atoms with Gasteiger partial charge in [-0.2, -0.15) is 0 Å². The molecule has 0 saturated carbocycles. The Kier molecular flexibility index (Phi) is 5.10. The Morgan fingerprint density at radius 2 is 1.43 bits per heavy atom. The van der Waals surface area contributed by atoms with Gasteiger partial charge in [0, 0.05) is 19.6 Å². The van der Waals surface area contributed by atoms with Gasteiger partial charge in [0.25, 0.3) is 0 Å². The van der Waals surface area contributed by atoms with E-state index < -0.39 is 0 Å². The van der Waals surface area contributed by atoms with E-state index in [1.54, 1.807) is 0 Å². The van der Waals surface area contributed by atoms with Crippen LogP contribution in [0.3, 0.4) is 0 Å². The summed E-state index contributed by atoms with van der Waals surface area (Å²) in [6.07, 6.45) is 0. The van der Waals surface area contributed by atoms with Crippen molar-refractivity contribution in [3.8, 4) is 0 Å². The lowest BCUT2D eigenvalue weighted by atomic mass is 9.91. The molecule has 86 valence electrons. The number of nitrogens with zero attached hydrogens (tertiary/aromatic N) is 1. The smallest absolute Gasteiger partial charge is 0.00387 e. The molecule has 0 amide bonds. The van der Waals surface area contributed by atoms with E-state index in [1.165, 1.54) is 0 Å². The lowest BCUT2D eigenvalue weighted by Gasteiger charge is -2.30. The van der Waals surface area contributed by atoms with Crippen LogP contribution in [-0.2, 0) is 0 Å². The van der Waals surface area contributed by atoms with Crippen LogP contribution in [-0.4, -0.2) is 38.6 Å². The van der Waals surface area contributed by atoms with Gasteiger partial charge < -0.3 is 10.2 Å². The fourth-order valence-corrected chi connectivity index (χ4v) is 1.69. The van der Waals surface area contributed by atoms with E-state index in [-0.39, 0.29) is 0 Å². The molecule has 0 aromatic heterocycles. The molecule has 0 fully saturated rings. The Hall–Kier alpha value is -0.0800. The molecule has 0 aromatic carbocycles. The Morgan fingerprint density at radius 3 is 1.79 bits per heavy atom. The van der Waals surface area contributed by atoms with Crippen molar-refractivity contribution in [3.05, 3.63) is 0 Å². The molecule has 0 unspecified atom stereocenters. The third-order valence-corrected chi connectivity index (χ3v) is 2.00. The molecule has 0 aliphatic rings. The summed E-state index contributed by atoms with van der Waals surface area (Å²) in [5.74, 6) is 0. The molecular formula is C12H28N2. The van der Waals surface area contributed by atoms with Crippen molar-refractivity contribution in [2.45, 2.75) is 34.6 Å². The van der Waals surface area contributed by atoms with Crippen LogP contribution in [0.25, 0.3) is 0 Å². The predicted octanol–water partition coefficient (Wildman–Crippen LogP) is 2.21. The van der Waals surface area contributed by atoms with Crippen LogP contribution in [0.15, 0.2) is 0 Å². The zero-order chi connectivity index (χ0) is 11.4. The summed E-state index contributed by atoms with van der Waals surface area (Å²) in [6.45, 7) is 14.7. The van der Waals surface area contributed by atoms with Gasteiger partial charge in [-0.05, 0) is 24.9 Å². The first kappa shape index (κ1) is 13.9. The van der Waals surface area contributed by atoms with Crippen LogP contribution < -0.4 is 5.32 Å².